The summed E-state index contributed by atoms with van der Waals surface area (Å²) in [6.07, 6.45) is -4.84. The van der Waals surface area contributed by atoms with Crippen molar-refractivity contribution in [2.24, 2.45) is 0 Å². The Labute approximate surface area is 86.7 Å². The van der Waals surface area contributed by atoms with Crippen LogP contribution < -0.4 is 0 Å². The summed E-state index contributed by atoms with van der Waals surface area (Å²) in [6.45, 7) is 1.93. The van der Waals surface area contributed by atoms with Crippen molar-refractivity contribution >= 4 is 10.8 Å². The highest BCUT2D eigenvalue weighted by atomic mass is 32.2. The second kappa shape index (κ2) is 4.61. The fourth-order valence-electron chi connectivity index (χ4n) is 1.16. The van der Waals surface area contributed by atoms with E-state index in [9.17, 15) is 21.8 Å². The number of alkyl halides is 3. The molecular weight excluding hydrogens is 236 g/mol. The molecule has 1 heterocycles. The van der Waals surface area contributed by atoms with Crippen LogP contribution in [0.4, 0.5) is 17.6 Å². The smallest absolute Gasteiger partial charge is 0.364 e. The lowest BCUT2D eigenvalue weighted by Gasteiger charge is -2.10. The van der Waals surface area contributed by atoms with Gasteiger partial charge in [-0.05, 0) is 6.42 Å². The molecule has 0 aromatic carbocycles. The first-order valence-corrected chi connectivity index (χ1v) is 5.57. The Morgan fingerprint density at radius 1 is 1.53 bits per heavy atom. The van der Waals surface area contributed by atoms with E-state index in [4.69, 9.17) is 4.74 Å². The molecule has 0 amide bonds. The van der Waals surface area contributed by atoms with E-state index in [0.29, 0.717) is 6.42 Å². The normalized spacial score (nSPS) is 27.5. The predicted octanol–water partition coefficient (Wildman–Crippen LogP) is 2.63. The van der Waals surface area contributed by atoms with Gasteiger partial charge in [-0.15, -0.1) is 0 Å². The molecule has 0 radical (unpaired) electrons. The van der Waals surface area contributed by atoms with E-state index in [1.165, 1.54) is 0 Å². The maximum atomic E-state index is 12.9. The predicted molar refractivity (Wildman–Crippen MR) is 47.0 cm³/mol. The van der Waals surface area contributed by atoms with Crippen molar-refractivity contribution in [3.05, 3.63) is 10.7 Å². The molecule has 2 nitrogen and oxygen atoms in total. The Hall–Kier alpha value is -0.430. The van der Waals surface area contributed by atoms with E-state index in [1.54, 1.807) is 6.92 Å². The van der Waals surface area contributed by atoms with Crippen LogP contribution in [-0.2, 0) is 15.5 Å². The van der Waals surface area contributed by atoms with Crippen LogP contribution in [0.25, 0.3) is 0 Å². The van der Waals surface area contributed by atoms with Crippen molar-refractivity contribution in [3.8, 4) is 0 Å². The maximum Gasteiger partial charge on any atom is 0.416 e. The van der Waals surface area contributed by atoms with E-state index < -0.39 is 39.6 Å². The third kappa shape index (κ3) is 2.78. The summed E-state index contributed by atoms with van der Waals surface area (Å²) in [5.74, 6) is 0. The largest absolute Gasteiger partial charge is 0.416 e. The quantitative estimate of drug-likeness (QED) is 0.715. The minimum atomic E-state index is -4.76. The molecule has 1 aliphatic rings. The van der Waals surface area contributed by atoms with E-state index >= 15 is 0 Å². The first kappa shape index (κ1) is 12.6. The van der Waals surface area contributed by atoms with Crippen molar-refractivity contribution in [1.29, 1.82) is 0 Å². The molecule has 0 aromatic heterocycles. The highest BCUT2D eigenvalue weighted by Crippen LogP contribution is 2.40. The van der Waals surface area contributed by atoms with Gasteiger partial charge in [-0.25, -0.2) is 4.21 Å². The molecule has 0 aromatic rings. The fraction of sp³-hybridized carbons (Fsp3) is 0.750. The molecule has 2 atom stereocenters. The third-order valence-corrected chi connectivity index (χ3v) is 3.25. The van der Waals surface area contributed by atoms with Gasteiger partial charge in [0.1, 0.15) is 16.2 Å². The second-order valence-electron chi connectivity index (χ2n) is 3.05. The van der Waals surface area contributed by atoms with Crippen LogP contribution in [0.1, 0.15) is 19.8 Å². The van der Waals surface area contributed by atoms with Gasteiger partial charge in [-0.3, -0.25) is 0 Å². The third-order valence-electron chi connectivity index (χ3n) is 1.87. The molecule has 0 fully saturated rings. The highest BCUT2D eigenvalue weighted by Gasteiger charge is 2.46. The molecule has 0 spiro atoms. The number of hydrogen-bond donors (Lipinski definition) is 0. The minimum Gasteiger partial charge on any atom is -0.364 e. The van der Waals surface area contributed by atoms with E-state index in [2.05, 4.69) is 0 Å². The van der Waals surface area contributed by atoms with Crippen molar-refractivity contribution in [2.45, 2.75) is 31.4 Å². The molecule has 88 valence electrons. The molecule has 15 heavy (non-hydrogen) atoms. The van der Waals surface area contributed by atoms with E-state index in [-0.39, 0.29) is 6.61 Å². The number of hydrogen-bond acceptors (Lipinski definition) is 2. The van der Waals surface area contributed by atoms with Crippen molar-refractivity contribution < 1.29 is 26.5 Å². The van der Waals surface area contributed by atoms with Gasteiger partial charge in [0, 0.05) is 13.0 Å². The first-order valence-electron chi connectivity index (χ1n) is 4.36. The SMILES string of the molecule is CCCOC1CC(C(F)(F)F)=C(F)S1=O. The molecule has 0 N–H and O–H groups in total. The summed E-state index contributed by atoms with van der Waals surface area (Å²) in [7, 11) is -2.31. The molecule has 0 aliphatic carbocycles. The van der Waals surface area contributed by atoms with Gasteiger partial charge in [-0.1, -0.05) is 6.92 Å². The fourth-order valence-corrected chi connectivity index (χ4v) is 2.37. The monoisotopic (exact) mass is 246 g/mol. The topological polar surface area (TPSA) is 26.3 Å². The molecule has 0 saturated carbocycles. The number of ether oxygens (including phenoxy) is 1. The molecule has 0 bridgehead atoms. The summed E-state index contributed by atoms with van der Waals surface area (Å²) >= 11 is 0. The lowest BCUT2D eigenvalue weighted by molar-refractivity contribution is -0.0968. The Balaban J connectivity index is 2.74. The summed E-state index contributed by atoms with van der Waals surface area (Å²) < 4.78 is 65.5. The standard InChI is InChI=1S/C8H10F4O2S/c1-2-3-14-6-4-5(8(10,11)12)7(9)15(6)13/h6H,2-4H2,1H3. The Morgan fingerprint density at radius 3 is 2.53 bits per heavy atom. The van der Waals surface area contributed by atoms with Crippen LogP contribution >= 0.6 is 0 Å². The lowest BCUT2D eigenvalue weighted by Crippen LogP contribution is -2.17. The molecule has 1 aliphatic heterocycles. The van der Waals surface area contributed by atoms with Gasteiger partial charge < -0.3 is 4.74 Å². The van der Waals surface area contributed by atoms with Crippen LogP contribution in [0.3, 0.4) is 0 Å². The highest BCUT2D eigenvalue weighted by molar-refractivity contribution is 7.89. The molecule has 7 heteroatoms. The van der Waals surface area contributed by atoms with Gasteiger partial charge in [0.05, 0.1) is 5.57 Å². The average molecular weight is 246 g/mol. The maximum absolute atomic E-state index is 12.9. The van der Waals surface area contributed by atoms with Gasteiger partial charge in [0.2, 0.25) is 0 Å². The van der Waals surface area contributed by atoms with Gasteiger partial charge >= 0.3 is 6.18 Å². The summed E-state index contributed by atoms with van der Waals surface area (Å²) in [6, 6.07) is 0. The van der Waals surface area contributed by atoms with E-state index in [0.717, 1.165) is 0 Å². The van der Waals surface area contributed by atoms with Crippen molar-refractivity contribution in [2.75, 3.05) is 6.61 Å². The van der Waals surface area contributed by atoms with E-state index in [1.807, 2.05) is 0 Å². The summed E-state index contributed by atoms with van der Waals surface area (Å²) in [5.41, 5.74) is -2.55. The van der Waals surface area contributed by atoms with Gasteiger partial charge in [0.15, 0.2) is 5.16 Å². The van der Waals surface area contributed by atoms with Crippen LogP contribution in [0.2, 0.25) is 0 Å². The summed E-state index contributed by atoms with van der Waals surface area (Å²) in [4.78, 5) is 0. The molecular formula is C8H10F4O2S. The van der Waals surface area contributed by atoms with Crippen molar-refractivity contribution in [3.63, 3.8) is 0 Å². The number of rotatable bonds is 3. The first-order chi connectivity index (χ1) is 6.88. The van der Waals surface area contributed by atoms with Crippen LogP contribution in [0, 0.1) is 0 Å². The number of halogens is 4. The Bertz CT molecular complexity index is 298. The molecule has 2 unspecified atom stereocenters. The summed E-state index contributed by atoms with van der Waals surface area (Å²) in [5, 5.41) is -1.59. The van der Waals surface area contributed by atoms with Crippen LogP contribution in [-0.4, -0.2) is 22.4 Å². The zero-order chi connectivity index (χ0) is 11.6. The molecule has 0 saturated heterocycles. The zero-order valence-electron chi connectivity index (χ0n) is 7.94. The van der Waals surface area contributed by atoms with Gasteiger partial charge in [0.25, 0.3) is 0 Å². The van der Waals surface area contributed by atoms with Gasteiger partial charge in [-0.2, -0.15) is 17.6 Å². The Kier molecular flexibility index (Phi) is 3.88. The van der Waals surface area contributed by atoms with Crippen LogP contribution in [0.5, 0.6) is 0 Å². The zero-order valence-corrected chi connectivity index (χ0v) is 8.75. The lowest BCUT2D eigenvalue weighted by atomic mass is 10.2. The second-order valence-corrected chi connectivity index (χ2v) is 4.53. The van der Waals surface area contributed by atoms with Crippen molar-refractivity contribution in [1.82, 2.24) is 0 Å². The average Bonchev–Trinajstić information content (AvgIpc) is 2.41. The van der Waals surface area contributed by atoms with Crippen LogP contribution in [0.15, 0.2) is 10.7 Å². The Morgan fingerprint density at radius 2 is 2.13 bits per heavy atom. The molecule has 1 rings (SSSR count). The minimum absolute atomic E-state index is 0.175.